The molecule has 6 heteroatoms. The number of carbonyl (C=O) groups is 1. The molecule has 0 aromatic carbocycles. The molecular weight excluding hydrogens is 226 g/mol. The molecule has 0 aliphatic rings. The van der Waals surface area contributed by atoms with E-state index in [1.54, 1.807) is 0 Å². The van der Waals surface area contributed by atoms with Crippen LogP contribution in [0, 0.1) is 6.92 Å². The highest BCUT2D eigenvalue weighted by atomic mass is 32.2. The van der Waals surface area contributed by atoms with E-state index in [0.29, 0.717) is 0 Å². The van der Waals surface area contributed by atoms with Crippen LogP contribution >= 0.6 is 11.8 Å². The summed E-state index contributed by atoms with van der Waals surface area (Å²) in [5.41, 5.74) is 1.82. The summed E-state index contributed by atoms with van der Waals surface area (Å²) >= 11 is 1.35. The molecule has 1 N–H and O–H groups in total. The van der Waals surface area contributed by atoms with Crippen molar-refractivity contribution in [2.24, 2.45) is 0 Å². The Hall–Kier alpha value is -1.56. The number of esters is 1. The van der Waals surface area contributed by atoms with Gasteiger partial charge in [-0.3, -0.25) is 4.79 Å². The van der Waals surface area contributed by atoms with Crippen LogP contribution in [-0.2, 0) is 9.53 Å². The van der Waals surface area contributed by atoms with Gasteiger partial charge in [-0.25, -0.2) is 9.97 Å². The van der Waals surface area contributed by atoms with Gasteiger partial charge in [-0.2, -0.15) is 0 Å². The van der Waals surface area contributed by atoms with E-state index in [4.69, 9.17) is 0 Å². The van der Waals surface area contributed by atoms with Gasteiger partial charge in [0.1, 0.15) is 17.0 Å². The van der Waals surface area contributed by atoms with Gasteiger partial charge in [-0.1, -0.05) is 11.8 Å². The molecule has 0 unspecified atom stereocenters. The number of aromatic nitrogens is 3. The first kappa shape index (κ1) is 10.9. The van der Waals surface area contributed by atoms with Crippen LogP contribution in [0.3, 0.4) is 0 Å². The molecule has 0 bridgehead atoms. The monoisotopic (exact) mass is 237 g/mol. The molecule has 16 heavy (non-hydrogen) atoms. The molecule has 0 saturated carbocycles. The largest absolute Gasteiger partial charge is 0.468 e. The highest BCUT2D eigenvalue weighted by Crippen LogP contribution is 2.24. The fourth-order valence-corrected chi connectivity index (χ4v) is 2.15. The van der Waals surface area contributed by atoms with Gasteiger partial charge in [-0.05, 0) is 13.0 Å². The quantitative estimate of drug-likeness (QED) is 0.498. The maximum absolute atomic E-state index is 11.0. The number of hydrogen-bond acceptors (Lipinski definition) is 5. The van der Waals surface area contributed by atoms with Crippen molar-refractivity contribution in [1.29, 1.82) is 0 Å². The second kappa shape index (κ2) is 4.52. The minimum Gasteiger partial charge on any atom is -0.468 e. The van der Waals surface area contributed by atoms with Gasteiger partial charge >= 0.3 is 5.97 Å². The molecule has 0 amide bonds. The second-order valence-corrected chi connectivity index (χ2v) is 4.22. The van der Waals surface area contributed by atoms with Crippen LogP contribution in [0.1, 0.15) is 5.69 Å². The SMILES string of the molecule is COC(=O)CSc1ncnc2[nH]c(C)cc12. The average molecular weight is 237 g/mol. The fraction of sp³-hybridized carbons (Fsp3) is 0.300. The Bertz CT molecular complexity index is 524. The Morgan fingerprint density at radius 1 is 1.56 bits per heavy atom. The van der Waals surface area contributed by atoms with E-state index in [0.717, 1.165) is 21.8 Å². The summed E-state index contributed by atoms with van der Waals surface area (Å²) in [5, 5.41) is 1.73. The molecule has 84 valence electrons. The highest BCUT2D eigenvalue weighted by Gasteiger charge is 2.09. The van der Waals surface area contributed by atoms with Crippen LogP contribution in [-0.4, -0.2) is 33.8 Å². The molecule has 0 atom stereocenters. The summed E-state index contributed by atoms with van der Waals surface area (Å²) < 4.78 is 4.58. The van der Waals surface area contributed by atoms with Crippen LogP contribution in [0.5, 0.6) is 0 Å². The summed E-state index contributed by atoms with van der Waals surface area (Å²) in [6.07, 6.45) is 1.48. The molecule has 2 aromatic rings. The standard InChI is InChI=1S/C10H11N3O2S/c1-6-3-7-9(13-6)11-5-12-10(7)16-4-8(14)15-2/h3,5H,4H2,1-2H3,(H,11,12,13). The number of methoxy groups -OCH3 is 1. The van der Waals surface area contributed by atoms with E-state index in [1.165, 1.54) is 25.2 Å². The maximum Gasteiger partial charge on any atom is 0.316 e. The van der Waals surface area contributed by atoms with Gasteiger partial charge < -0.3 is 9.72 Å². The van der Waals surface area contributed by atoms with Crippen LogP contribution in [0.4, 0.5) is 0 Å². The minimum atomic E-state index is -0.260. The Morgan fingerprint density at radius 3 is 3.12 bits per heavy atom. The summed E-state index contributed by atoms with van der Waals surface area (Å²) in [6, 6.07) is 1.97. The molecule has 0 aliphatic heterocycles. The molecular formula is C10H11N3O2S. The zero-order valence-corrected chi connectivity index (χ0v) is 9.80. The summed E-state index contributed by atoms with van der Waals surface area (Å²) in [4.78, 5) is 22.4. The van der Waals surface area contributed by atoms with Crippen molar-refractivity contribution >= 4 is 28.8 Å². The molecule has 0 radical (unpaired) electrons. The summed E-state index contributed by atoms with van der Waals surface area (Å²) in [7, 11) is 1.37. The number of aryl methyl sites for hydroxylation is 1. The van der Waals surface area contributed by atoms with Crippen molar-refractivity contribution in [1.82, 2.24) is 15.0 Å². The van der Waals surface area contributed by atoms with Gasteiger partial charge in [0.05, 0.1) is 18.2 Å². The third-order valence-corrected chi connectivity index (χ3v) is 3.06. The average Bonchev–Trinajstić information content (AvgIpc) is 2.66. The number of carbonyl (C=O) groups excluding carboxylic acids is 1. The number of fused-ring (bicyclic) bond motifs is 1. The molecule has 0 spiro atoms. The number of nitrogens with one attached hydrogen (secondary N) is 1. The van der Waals surface area contributed by atoms with Gasteiger partial charge in [0, 0.05) is 5.69 Å². The van der Waals surface area contributed by atoms with Crippen molar-refractivity contribution < 1.29 is 9.53 Å². The van der Waals surface area contributed by atoms with E-state index in [2.05, 4.69) is 19.7 Å². The first-order valence-corrected chi connectivity index (χ1v) is 5.69. The number of H-pyrrole nitrogens is 1. The lowest BCUT2D eigenvalue weighted by molar-refractivity contribution is -0.137. The Kier molecular flexibility index (Phi) is 3.09. The number of aromatic amines is 1. The topological polar surface area (TPSA) is 67.9 Å². The number of rotatable bonds is 3. The second-order valence-electron chi connectivity index (χ2n) is 3.26. The molecule has 0 fully saturated rings. The van der Waals surface area contributed by atoms with Gasteiger partial charge in [0.2, 0.25) is 0 Å². The Morgan fingerprint density at radius 2 is 2.38 bits per heavy atom. The number of hydrogen-bond donors (Lipinski definition) is 1. The smallest absolute Gasteiger partial charge is 0.316 e. The van der Waals surface area contributed by atoms with Crippen molar-refractivity contribution in [2.45, 2.75) is 11.9 Å². The highest BCUT2D eigenvalue weighted by molar-refractivity contribution is 8.00. The molecule has 0 aliphatic carbocycles. The first-order chi connectivity index (χ1) is 7.70. The lowest BCUT2D eigenvalue weighted by Crippen LogP contribution is -2.03. The zero-order valence-electron chi connectivity index (χ0n) is 8.98. The molecule has 2 rings (SSSR count). The van der Waals surface area contributed by atoms with E-state index in [9.17, 15) is 4.79 Å². The van der Waals surface area contributed by atoms with Crippen LogP contribution < -0.4 is 0 Å². The molecule has 2 heterocycles. The number of ether oxygens (including phenoxy) is 1. The lowest BCUT2D eigenvalue weighted by Gasteiger charge is -2.00. The molecule has 2 aromatic heterocycles. The predicted molar refractivity (Wildman–Crippen MR) is 61.4 cm³/mol. The number of thioether (sulfide) groups is 1. The van der Waals surface area contributed by atoms with Crippen LogP contribution in [0.15, 0.2) is 17.4 Å². The van der Waals surface area contributed by atoms with E-state index < -0.39 is 0 Å². The third kappa shape index (κ3) is 2.16. The summed E-state index contributed by atoms with van der Waals surface area (Å²) in [5.74, 6) is -0.00338. The first-order valence-electron chi connectivity index (χ1n) is 4.70. The number of nitrogens with zero attached hydrogens (tertiary/aromatic N) is 2. The van der Waals surface area contributed by atoms with Crippen molar-refractivity contribution in [3.8, 4) is 0 Å². The Labute approximate surface area is 96.6 Å². The maximum atomic E-state index is 11.0. The van der Waals surface area contributed by atoms with Gasteiger partial charge in [0.15, 0.2) is 0 Å². The molecule has 5 nitrogen and oxygen atoms in total. The van der Waals surface area contributed by atoms with E-state index in [-0.39, 0.29) is 11.7 Å². The minimum absolute atomic E-state index is 0.257. The van der Waals surface area contributed by atoms with Crippen molar-refractivity contribution in [3.63, 3.8) is 0 Å². The summed E-state index contributed by atoms with van der Waals surface area (Å²) in [6.45, 7) is 1.95. The van der Waals surface area contributed by atoms with Crippen molar-refractivity contribution in [2.75, 3.05) is 12.9 Å². The van der Waals surface area contributed by atoms with Gasteiger partial charge in [0.25, 0.3) is 0 Å². The van der Waals surface area contributed by atoms with E-state index in [1.807, 2.05) is 13.0 Å². The van der Waals surface area contributed by atoms with Gasteiger partial charge in [-0.15, -0.1) is 0 Å². The normalized spacial score (nSPS) is 10.6. The molecule has 0 saturated heterocycles. The lowest BCUT2D eigenvalue weighted by atomic mass is 10.4. The zero-order chi connectivity index (χ0) is 11.5. The van der Waals surface area contributed by atoms with E-state index >= 15 is 0 Å². The third-order valence-electron chi connectivity index (χ3n) is 2.08. The Balaban J connectivity index is 2.26. The van der Waals surface area contributed by atoms with Crippen LogP contribution in [0.25, 0.3) is 11.0 Å². The van der Waals surface area contributed by atoms with Crippen molar-refractivity contribution in [3.05, 3.63) is 18.1 Å². The van der Waals surface area contributed by atoms with Crippen LogP contribution in [0.2, 0.25) is 0 Å². The fourth-order valence-electron chi connectivity index (χ4n) is 1.35. The predicted octanol–water partition coefficient (Wildman–Crippen LogP) is 1.53.